The Bertz CT molecular complexity index is 1300. The number of aromatic nitrogens is 6. The zero-order valence-electron chi connectivity index (χ0n) is 16.8. The Balaban J connectivity index is 0.000000132. The van der Waals surface area contributed by atoms with Gasteiger partial charge >= 0.3 is 11.9 Å². The van der Waals surface area contributed by atoms with Crippen LogP contribution in [0, 0.1) is 0 Å². The molecular formula is C21H20N6O4. The number of hydrogen-bond donors (Lipinski definition) is 1. The molecule has 0 spiro atoms. The second-order valence-electron chi connectivity index (χ2n) is 7.62. The van der Waals surface area contributed by atoms with Gasteiger partial charge in [-0.25, -0.2) is 28.6 Å². The van der Waals surface area contributed by atoms with Crippen molar-refractivity contribution in [2.24, 2.45) is 0 Å². The van der Waals surface area contributed by atoms with Crippen molar-refractivity contribution in [3.05, 3.63) is 59.4 Å². The molecule has 10 nitrogen and oxygen atoms in total. The van der Waals surface area contributed by atoms with Crippen molar-refractivity contribution in [1.29, 1.82) is 0 Å². The molecule has 0 atom stereocenters. The van der Waals surface area contributed by atoms with Crippen LogP contribution in [0.3, 0.4) is 0 Å². The summed E-state index contributed by atoms with van der Waals surface area (Å²) in [4.78, 5) is 31.6. The van der Waals surface area contributed by atoms with Crippen LogP contribution in [0.1, 0.15) is 69.9 Å². The lowest BCUT2D eigenvalue weighted by atomic mass is 10.2. The third-order valence-corrected chi connectivity index (χ3v) is 5.35. The van der Waals surface area contributed by atoms with E-state index in [1.165, 1.54) is 11.6 Å². The first-order chi connectivity index (χ1) is 15.1. The van der Waals surface area contributed by atoms with Crippen molar-refractivity contribution in [2.75, 3.05) is 7.11 Å². The van der Waals surface area contributed by atoms with Gasteiger partial charge < -0.3 is 9.84 Å². The van der Waals surface area contributed by atoms with Gasteiger partial charge in [-0.2, -0.15) is 10.2 Å². The molecule has 0 aliphatic heterocycles. The highest BCUT2D eigenvalue weighted by Crippen LogP contribution is 2.42. The second kappa shape index (κ2) is 7.46. The summed E-state index contributed by atoms with van der Waals surface area (Å²) in [7, 11) is 1.38. The number of carbonyl (C=O) groups is 2. The number of hydrogen-bond acceptors (Lipinski definition) is 7. The third kappa shape index (κ3) is 3.49. The van der Waals surface area contributed by atoms with Crippen molar-refractivity contribution in [3.63, 3.8) is 0 Å². The molecule has 158 valence electrons. The number of carbonyl (C=O) groups excluding carboxylic acids is 1. The maximum Gasteiger partial charge on any atom is 0.358 e. The van der Waals surface area contributed by atoms with Gasteiger partial charge in [-0.3, -0.25) is 0 Å². The minimum Gasteiger partial charge on any atom is -0.476 e. The topological polar surface area (TPSA) is 124 Å². The zero-order chi connectivity index (χ0) is 21.5. The van der Waals surface area contributed by atoms with Gasteiger partial charge in [0.05, 0.1) is 18.5 Å². The van der Waals surface area contributed by atoms with Crippen LogP contribution >= 0.6 is 0 Å². The van der Waals surface area contributed by atoms with E-state index in [0.29, 0.717) is 34.5 Å². The number of carboxylic acid groups (broad SMARTS) is 1. The molecule has 0 unspecified atom stereocenters. The largest absolute Gasteiger partial charge is 0.476 e. The van der Waals surface area contributed by atoms with E-state index in [1.54, 1.807) is 35.1 Å². The molecule has 4 aromatic heterocycles. The van der Waals surface area contributed by atoms with E-state index in [0.717, 1.165) is 31.4 Å². The second-order valence-corrected chi connectivity index (χ2v) is 7.62. The van der Waals surface area contributed by atoms with E-state index in [4.69, 9.17) is 9.84 Å². The number of fused-ring (bicyclic) bond motifs is 2. The van der Waals surface area contributed by atoms with E-state index < -0.39 is 5.97 Å². The number of aromatic carboxylic acids is 1. The van der Waals surface area contributed by atoms with E-state index >= 15 is 0 Å². The molecule has 4 heterocycles. The van der Waals surface area contributed by atoms with Crippen LogP contribution in [-0.4, -0.2) is 53.4 Å². The standard InChI is InChI=1S/C11H11N3O2.C10H9N3O2/c1-16-11(15)10-9(7-4-5-7)13-8-3-2-6-12-14(8)10;14-10(15)9-8(6-3-4-6)12-7-2-1-5-11-13(7)9/h2-3,6-7H,4-5H2,1H3;1-2,5-6H,3-4H2,(H,14,15). The Morgan fingerprint density at radius 3 is 1.84 bits per heavy atom. The summed E-state index contributed by atoms with van der Waals surface area (Å²) in [5.74, 6) is -0.607. The Morgan fingerprint density at radius 1 is 0.903 bits per heavy atom. The Labute approximate surface area is 176 Å². The van der Waals surface area contributed by atoms with Crippen LogP contribution in [0.25, 0.3) is 11.3 Å². The number of methoxy groups -OCH3 is 1. The van der Waals surface area contributed by atoms with Gasteiger partial charge in [0, 0.05) is 24.2 Å². The van der Waals surface area contributed by atoms with E-state index in [9.17, 15) is 9.59 Å². The average molecular weight is 420 g/mol. The summed E-state index contributed by atoms with van der Waals surface area (Å²) >= 11 is 0. The Kier molecular flexibility index (Phi) is 4.61. The summed E-state index contributed by atoms with van der Waals surface area (Å²) in [5, 5.41) is 17.3. The lowest BCUT2D eigenvalue weighted by molar-refractivity contribution is 0.0589. The number of imidazole rings is 2. The maximum absolute atomic E-state index is 11.7. The van der Waals surface area contributed by atoms with Crippen LogP contribution in [0.2, 0.25) is 0 Å². The minimum atomic E-state index is -0.955. The lowest BCUT2D eigenvalue weighted by Gasteiger charge is -2.00. The molecule has 0 aromatic carbocycles. The van der Waals surface area contributed by atoms with Crippen molar-refractivity contribution >= 4 is 23.2 Å². The molecule has 0 amide bonds. The number of nitrogens with zero attached hydrogens (tertiary/aromatic N) is 6. The first kappa shape index (κ1) is 19.2. The van der Waals surface area contributed by atoms with Crippen molar-refractivity contribution in [3.8, 4) is 0 Å². The SMILES string of the molecule is COC(=O)c1c(C2CC2)nc2cccnn12.O=C(O)c1c(C2CC2)nc2cccnn12. The predicted octanol–water partition coefficient (Wildman–Crippen LogP) is 2.70. The number of carboxylic acids is 1. The van der Waals surface area contributed by atoms with Gasteiger partial charge in [-0.15, -0.1) is 0 Å². The molecule has 2 saturated carbocycles. The lowest BCUT2D eigenvalue weighted by Crippen LogP contribution is -2.09. The van der Waals surface area contributed by atoms with Gasteiger partial charge in [0.2, 0.25) is 0 Å². The smallest absolute Gasteiger partial charge is 0.358 e. The summed E-state index contributed by atoms with van der Waals surface area (Å²) < 4.78 is 7.74. The molecule has 0 radical (unpaired) electrons. The fraction of sp³-hybridized carbons (Fsp3) is 0.333. The molecule has 2 aliphatic rings. The molecule has 6 rings (SSSR count). The highest BCUT2D eigenvalue weighted by molar-refractivity contribution is 5.90. The number of esters is 1. The van der Waals surface area contributed by atoms with E-state index in [2.05, 4.69) is 20.2 Å². The van der Waals surface area contributed by atoms with Crippen molar-refractivity contribution in [2.45, 2.75) is 37.5 Å². The highest BCUT2D eigenvalue weighted by Gasteiger charge is 2.34. The van der Waals surface area contributed by atoms with E-state index in [1.807, 2.05) is 6.07 Å². The molecule has 1 N–H and O–H groups in total. The normalized spacial score (nSPS) is 15.5. The molecule has 10 heteroatoms. The first-order valence-corrected chi connectivity index (χ1v) is 10.1. The molecular weight excluding hydrogens is 400 g/mol. The maximum atomic E-state index is 11.7. The van der Waals surface area contributed by atoms with Crippen molar-refractivity contribution < 1.29 is 19.4 Å². The molecule has 2 fully saturated rings. The van der Waals surface area contributed by atoms with Crippen LogP contribution < -0.4 is 0 Å². The van der Waals surface area contributed by atoms with Gasteiger partial charge in [0.25, 0.3) is 0 Å². The first-order valence-electron chi connectivity index (χ1n) is 10.1. The van der Waals surface area contributed by atoms with Crippen LogP contribution in [-0.2, 0) is 4.74 Å². The number of ether oxygens (including phenoxy) is 1. The molecule has 0 saturated heterocycles. The monoisotopic (exact) mass is 420 g/mol. The van der Waals surface area contributed by atoms with Crippen molar-refractivity contribution in [1.82, 2.24) is 29.2 Å². The van der Waals surface area contributed by atoms with Crippen LogP contribution in [0.15, 0.2) is 36.7 Å². The van der Waals surface area contributed by atoms with E-state index in [-0.39, 0.29) is 11.7 Å². The minimum absolute atomic E-state index is 0.216. The Hall–Kier alpha value is -3.82. The van der Waals surface area contributed by atoms with Gasteiger partial charge in [0.1, 0.15) is 0 Å². The summed E-state index contributed by atoms with van der Waals surface area (Å²) in [5.41, 5.74) is 3.50. The molecule has 0 bridgehead atoms. The molecule has 2 aliphatic carbocycles. The van der Waals surface area contributed by atoms with Gasteiger partial charge in [-0.1, -0.05) is 0 Å². The molecule has 4 aromatic rings. The predicted molar refractivity (Wildman–Crippen MR) is 108 cm³/mol. The highest BCUT2D eigenvalue weighted by atomic mass is 16.5. The van der Waals surface area contributed by atoms with Gasteiger partial charge in [-0.05, 0) is 49.9 Å². The van der Waals surface area contributed by atoms with Crippen LogP contribution in [0.4, 0.5) is 0 Å². The quantitative estimate of drug-likeness (QED) is 0.500. The fourth-order valence-electron chi connectivity index (χ4n) is 3.58. The molecule has 31 heavy (non-hydrogen) atoms. The summed E-state index contributed by atoms with van der Waals surface area (Å²) in [6, 6.07) is 7.17. The van der Waals surface area contributed by atoms with Gasteiger partial charge in [0.15, 0.2) is 22.7 Å². The summed E-state index contributed by atoms with van der Waals surface area (Å²) in [6.07, 6.45) is 7.45. The fourth-order valence-corrected chi connectivity index (χ4v) is 3.58. The third-order valence-electron chi connectivity index (χ3n) is 5.35. The van der Waals surface area contributed by atoms with Crippen LogP contribution in [0.5, 0.6) is 0 Å². The summed E-state index contributed by atoms with van der Waals surface area (Å²) in [6.45, 7) is 0. The number of rotatable bonds is 4. The zero-order valence-corrected chi connectivity index (χ0v) is 16.8. The average Bonchev–Trinajstić information content (AvgIpc) is 3.72. The Morgan fingerprint density at radius 2 is 1.39 bits per heavy atom.